The van der Waals surface area contributed by atoms with Crippen molar-refractivity contribution in [3.05, 3.63) is 29.8 Å². The van der Waals surface area contributed by atoms with Gasteiger partial charge in [0.05, 0.1) is 26.4 Å². The molecule has 1 saturated heterocycles. The second-order valence-corrected chi connectivity index (χ2v) is 6.88. The van der Waals surface area contributed by atoms with Gasteiger partial charge in [-0.2, -0.15) is 0 Å². The van der Waals surface area contributed by atoms with E-state index in [1.807, 2.05) is 24.3 Å². The number of carbonyl (C=O) groups is 1. The third kappa shape index (κ3) is 4.51. The molecule has 3 atom stereocenters. The minimum absolute atomic E-state index is 0.0444. The zero-order chi connectivity index (χ0) is 17.6. The number of nitrogens with one attached hydrogen (secondary N) is 1. The number of hydrogen-bond acceptors (Lipinski definition) is 5. The van der Waals surface area contributed by atoms with E-state index in [2.05, 4.69) is 10.2 Å². The lowest BCUT2D eigenvalue weighted by atomic mass is 10.1. The van der Waals surface area contributed by atoms with Gasteiger partial charge in [0.1, 0.15) is 5.75 Å². The van der Waals surface area contributed by atoms with E-state index in [0.717, 1.165) is 37.1 Å². The van der Waals surface area contributed by atoms with Crippen LogP contribution in [0.25, 0.3) is 0 Å². The van der Waals surface area contributed by atoms with Gasteiger partial charge in [-0.25, -0.2) is 0 Å². The molecule has 1 unspecified atom stereocenters. The standard InChI is InChI=1S/C19H28N2O4/c1-24-17-5-3-2-4-15(17)6-7-20-19(23)12-21-8-9-25-18-11-14(13-22)10-16(18)21/h2-5,14,16,18,22H,6-13H2,1H3,(H,20,23)/t14-,16+,18?/m1/s1. The Labute approximate surface area is 149 Å². The normalized spacial score (nSPS) is 26.2. The number of morpholine rings is 1. The molecule has 0 aromatic heterocycles. The summed E-state index contributed by atoms with van der Waals surface area (Å²) in [5, 5.41) is 12.4. The fraction of sp³-hybridized carbons (Fsp3) is 0.632. The minimum atomic E-state index is 0.0444. The molecule has 1 amide bonds. The highest BCUT2D eigenvalue weighted by atomic mass is 16.5. The van der Waals surface area contributed by atoms with Gasteiger partial charge in [-0.05, 0) is 36.8 Å². The maximum Gasteiger partial charge on any atom is 0.234 e. The summed E-state index contributed by atoms with van der Waals surface area (Å²) in [5.74, 6) is 1.20. The van der Waals surface area contributed by atoms with Crippen LogP contribution in [-0.2, 0) is 16.0 Å². The second-order valence-electron chi connectivity index (χ2n) is 6.88. The Bertz CT molecular complexity index is 580. The third-order valence-corrected chi connectivity index (χ3v) is 5.26. The van der Waals surface area contributed by atoms with E-state index in [0.29, 0.717) is 25.6 Å². The van der Waals surface area contributed by atoms with Crippen molar-refractivity contribution in [3.8, 4) is 5.75 Å². The van der Waals surface area contributed by atoms with Gasteiger partial charge in [-0.15, -0.1) is 0 Å². The van der Waals surface area contributed by atoms with E-state index in [4.69, 9.17) is 9.47 Å². The summed E-state index contributed by atoms with van der Waals surface area (Å²) in [6.45, 7) is 2.63. The largest absolute Gasteiger partial charge is 0.496 e. The van der Waals surface area contributed by atoms with Crippen LogP contribution in [-0.4, -0.2) is 68.0 Å². The first-order chi connectivity index (χ1) is 12.2. The van der Waals surface area contributed by atoms with Crippen LogP contribution in [0, 0.1) is 5.92 Å². The van der Waals surface area contributed by atoms with Gasteiger partial charge in [-0.3, -0.25) is 9.69 Å². The molecule has 2 fully saturated rings. The van der Waals surface area contributed by atoms with E-state index < -0.39 is 0 Å². The molecule has 6 heteroatoms. The van der Waals surface area contributed by atoms with Gasteiger partial charge in [0, 0.05) is 25.7 Å². The van der Waals surface area contributed by atoms with Gasteiger partial charge in [0.15, 0.2) is 0 Å². The number of aliphatic hydroxyl groups excluding tert-OH is 1. The molecule has 0 radical (unpaired) electrons. The van der Waals surface area contributed by atoms with Gasteiger partial charge in [0.25, 0.3) is 0 Å². The van der Waals surface area contributed by atoms with Crippen molar-refractivity contribution in [2.45, 2.75) is 31.4 Å². The number of ether oxygens (including phenoxy) is 2. The van der Waals surface area contributed by atoms with Crippen molar-refractivity contribution in [2.24, 2.45) is 5.92 Å². The van der Waals surface area contributed by atoms with Crippen LogP contribution < -0.4 is 10.1 Å². The number of para-hydroxylation sites is 1. The Morgan fingerprint density at radius 1 is 1.40 bits per heavy atom. The maximum absolute atomic E-state index is 12.3. The van der Waals surface area contributed by atoms with Crippen LogP contribution in [0.1, 0.15) is 18.4 Å². The quantitative estimate of drug-likeness (QED) is 0.764. The van der Waals surface area contributed by atoms with Crippen molar-refractivity contribution in [1.29, 1.82) is 0 Å². The van der Waals surface area contributed by atoms with Gasteiger partial charge < -0.3 is 19.9 Å². The highest BCUT2D eigenvalue weighted by molar-refractivity contribution is 5.78. The van der Waals surface area contributed by atoms with Crippen molar-refractivity contribution in [1.82, 2.24) is 10.2 Å². The Balaban J connectivity index is 1.46. The van der Waals surface area contributed by atoms with Crippen LogP contribution in [0.4, 0.5) is 0 Å². The van der Waals surface area contributed by atoms with E-state index in [-0.39, 0.29) is 24.7 Å². The molecule has 0 bridgehead atoms. The predicted octanol–water partition coefficient (Wildman–Crippen LogP) is 0.826. The molecule has 1 saturated carbocycles. The molecule has 1 heterocycles. The maximum atomic E-state index is 12.3. The first kappa shape index (κ1) is 18.2. The van der Waals surface area contributed by atoms with E-state index in [1.54, 1.807) is 7.11 Å². The predicted molar refractivity (Wildman–Crippen MR) is 94.6 cm³/mol. The minimum Gasteiger partial charge on any atom is -0.496 e. The lowest BCUT2D eigenvalue weighted by molar-refractivity contribution is -0.126. The molecule has 138 valence electrons. The van der Waals surface area contributed by atoms with Crippen molar-refractivity contribution >= 4 is 5.91 Å². The lowest BCUT2D eigenvalue weighted by Gasteiger charge is -2.37. The molecule has 2 N–H and O–H groups in total. The number of rotatable bonds is 7. The Hall–Kier alpha value is -1.63. The summed E-state index contributed by atoms with van der Waals surface area (Å²) in [6, 6.07) is 8.13. The van der Waals surface area contributed by atoms with Crippen LogP contribution in [0.2, 0.25) is 0 Å². The summed E-state index contributed by atoms with van der Waals surface area (Å²) in [5.41, 5.74) is 1.10. The SMILES string of the molecule is COc1ccccc1CCNC(=O)CN1CCOC2C[C@H](CO)C[C@@H]21. The molecular weight excluding hydrogens is 320 g/mol. The molecule has 25 heavy (non-hydrogen) atoms. The summed E-state index contributed by atoms with van der Waals surface area (Å²) in [4.78, 5) is 14.5. The molecular formula is C19H28N2O4. The van der Waals surface area contributed by atoms with Gasteiger partial charge in [0.2, 0.25) is 5.91 Å². The number of amides is 1. The molecule has 6 nitrogen and oxygen atoms in total. The monoisotopic (exact) mass is 348 g/mol. The Kier molecular flexibility index (Phi) is 6.29. The Morgan fingerprint density at radius 3 is 3.04 bits per heavy atom. The summed E-state index contributed by atoms with van der Waals surface area (Å²) in [6.07, 6.45) is 2.72. The van der Waals surface area contributed by atoms with E-state index in [9.17, 15) is 9.90 Å². The third-order valence-electron chi connectivity index (χ3n) is 5.26. The first-order valence-electron chi connectivity index (χ1n) is 9.06. The number of nitrogens with zero attached hydrogens (tertiary/aromatic N) is 1. The lowest BCUT2D eigenvalue weighted by Crippen LogP contribution is -2.52. The molecule has 1 aliphatic carbocycles. The summed E-state index contributed by atoms with van der Waals surface area (Å²) >= 11 is 0. The van der Waals surface area contributed by atoms with Crippen molar-refractivity contribution in [2.75, 3.05) is 40.0 Å². The molecule has 1 aromatic rings. The first-order valence-corrected chi connectivity index (χ1v) is 9.06. The Morgan fingerprint density at radius 2 is 2.24 bits per heavy atom. The van der Waals surface area contributed by atoms with E-state index >= 15 is 0 Å². The molecule has 2 aliphatic rings. The number of carbonyl (C=O) groups excluding carboxylic acids is 1. The van der Waals surface area contributed by atoms with E-state index in [1.165, 1.54) is 0 Å². The fourth-order valence-electron chi connectivity index (χ4n) is 3.96. The average molecular weight is 348 g/mol. The zero-order valence-corrected chi connectivity index (χ0v) is 14.8. The van der Waals surface area contributed by atoms with Crippen LogP contribution >= 0.6 is 0 Å². The highest BCUT2D eigenvalue weighted by Gasteiger charge is 2.41. The van der Waals surface area contributed by atoms with Gasteiger partial charge in [-0.1, -0.05) is 18.2 Å². The zero-order valence-electron chi connectivity index (χ0n) is 14.8. The second kappa shape index (κ2) is 8.65. The van der Waals surface area contributed by atoms with Crippen LogP contribution in [0.3, 0.4) is 0 Å². The number of fused-ring (bicyclic) bond motifs is 1. The van der Waals surface area contributed by atoms with Gasteiger partial charge >= 0.3 is 0 Å². The molecule has 1 aliphatic heterocycles. The summed E-state index contributed by atoms with van der Waals surface area (Å²) in [7, 11) is 1.66. The number of aliphatic hydroxyl groups is 1. The molecule has 3 rings (SSSR count). The highest BCUT2D eigenvalue weighted by Crippen LogP contribution is 2.33. The molecule has 1 aromatic carbocycles. The van der Waals surface area contributed by atoms with Crippen molar-refractivity contribution in [3.63, 3.8) is 0 Å². The summed E-state index contributed by atoms with van der Waals surface area (Å²) < 4.78 is 11.1. The smallest absolute Gasteiger partial charge is 0.234 e. The van der Waals surface area contributed by atoms with Crippen molar-refractivity contribution < 1.29 is 19.4 Å². The van der Waals surface area contributed by atoms with Crippen LogP contribution in [0.15, 0.2) is 24.3 Å². The number of hydrogen-bond donors (Lipinski definition) is 2. The number of methoxy groups -OCH3 is 1. The average Bonchev–Trinajstić information content (AvgIpc) is 3.06. The fourth-order valence-corrected chi connectivity index (χ4v) is 3.96. The topological polar surface area (TPSA) is 71.0 Å². The molecule has 0 spiro atoms. The number of benzene rings is 1. The van der Waals surface area contributed by atoms with Crippen LogP contribution in [0.5, 0.6) is 5.75 Å².